The van der Waals surface area contributed by atoms with Crippen molar-refractivity contribution in [3.63, 3.8) is 0 Å². The van der Waals surface area contributed by atoms with Gasteiger partial charge in [0.15, 0.2) is 37.0 Å². The average Bonchev–Trinajstić information content (AvgIpc) is 2.69. The van der Waals surface area contributed by atoms with Crippen LogP contribution in [-0.2, 0) is 13.6 Å². The molecule has 0 N–H and O–H groups in total. The molecule has 0 spiro atoms. The fraction of sp³-hybridized carbons (Fsp3) is 1.00. The van der Waals surface area contributed by atoms with E-state index in [1.165, 1.54) is 0 Å². The zero-order chi connectivity index (χ0) is 24.6. The summed E-state index contributed by atoms with van der Waals surface area (Å²) in [5.74, 6) is 0. The van der Waals surface area contributed by atoms with Crippen molar-refractivity contribution in [2.24, 2.45) is 0 Å². The van der Waals surface area contributed by atoms with Gasteiger partial charge in [-0.2, -0.15) is 0 Å². The zero-order valence-electron chi connectivity index (χ0n) is 14.3. The Balaban J connectivity index is 5.41. The van der Waals surface area contributed by atoms with Crippen LogP contribution in [0.1, 0.15) is 0 Å². The molecule has 0 aliphatic rings. The highest BCUT2D eigenvalue weighted by molar-refractivity contribution is 7.41. The second-order valence-electron chi connectivity index (χ2n) is 5.26. The lowest BCUT2D eigenvalue weighted by Gasteiger charge is -2.26. The fourth-order valence-electron chi connectivity index (χ4n) is 1.35. The van der Waals surface area contributed by atoms with E-state index in [9.17, 15) is 65.9 Å². The van der Waals surface area contributed by atoms with Gasteiger partial charge in [-0.3, -0.25) is 13.6 Å². The molecule has 0 fully saturated rings. The topological polar surface area (TPSA) is 27.7 Å². The van der Waals surface area contributed by atoms with Crippen molar-refractivity contribution in [1.29, 1.82) is 0 Å². The first kappa shape index (κ1) is 30.3. The Kier molecular flexibility index (Phi) is 13.4. The molecule has 3 nitrogen and oxygen atoms in total. The molecule has 188 valence electrons. The molecule has 0 rings (SSSR count). The second-order valence-corrected chi connectivity index (χ2v) is 6.34. The van der Waals surface area contributed by atoms with Crippen LogP contribution in [-0.4, -0.2) is 75.4 Å². The van der Waals surface area contributed by atoms with Crippen LogP contribution in [0.4, 0.5) is 65.9 Å². The molecule has 9 atom stereocenters. The van der Waals surface area contributed by atoms with Gasteiger partial charge in [0.05, 0.1) is 0 Å². The van der Waals surface area contributed by atoms with E-state index in [1.54, 1.807) is 0 Å². The van der Waals surface area contributed by atoms with Gasteiger partial charge in [0.2, 0.25) is 19.1 Å². The highest BCUT2D eigenvalue weighted by atomic mass is 31.2. The Bertz CT molecular complexity index is 428. The lowest BCUT2D eigenvalue weighted by Crippen LogP contribution is -2.37. The van der Waals surface area contributed by atoms with E-state index in [-0.39, 0.29) is 0 Å². The van der Waals surface area contributed by atoms with E-state index in [2.05, 4.69) is 13.6 Å². The van der Waals surface area contributed by atoms with E-state index >= 15 is 0 Å². The Morgan fingerprint density at radius 1 is 0.323 bits per heavy atom. The van der Waals surface area contributed by atoms with Crippen LogP contribution in [0, 0.1) is 0 Å². The van der Waals surface area contributed by atoms with Crippen LogP contribution in [0.3, 0.4) is 0 Å². The van der Waals surface area contributed by atoms with Gasteiger partial charge in [0, 0.05) is 0 Å². The first-order valence-electron chi connectivity index (χ1n) is 7.53. The molecule has 0 heterocycles. The molecule has 0 aliphatic heterocycles. The van der Waals surface area contributed by atoms with Crippen LogP contribution in [0.25, 0.3) is 0 Å². The highest BCUT2D eigenvalue weighted by Crippen LogP contribution is 2.47. The molecule has 31 heavy (non-hydrogen) atoms. The van der Waals surface area contributed by atoms with Crippen LogP contribution in [0.5, 0.6) is 0 Å². The third kappa shape index (κ3) is 9.74. The minimum Gasteiger partial charge on any atom is -0.273 e. The van der Waals surface area contributed by atoms with Gasteiger partial charge >= 0.3 is 8.60 Å². The standard InChI is InChI=1S/C12H12F15O3P/c13-1(7(19)20)4(16)10(25)28-31(29-11(26)5(17)2(14)8(21)22)30-12(27)6(18)3(15)9(23)24/h1-12H. The Morgan fingerprint density at radius 3 is 0.677 bits per heavy atom. The third-order valence-corrected chi connectivity index (χ3v) is 4.07. The van der Waals surface area contributed by atoms with E-state index in [1.807, 2.05) is 0 Å². The summed E-state index contributed by atoms with van der Waals surface area (Å²) >= 11 is 0. The van der Waals surface area contributed by atoms with E-state index < -0.39 is 84.0 Å². The molecule has 0 bridgehead atoms. The summed E-state index contributed by atoms with van der Waals surface area (Å²) in [5.41, 5.74) is 0. The quantitative estimate of drug-likeness (QED) is 0.197. The van der Waals surface area contributed by atoms with E-state index in [0.717, 1.165) is 0 Å². The molecule has 0 aromatic heterocycles. The molecule has 0 aromatic carbocycles. The molecule has 9 unspecified atom stereocenters. The number of rotatable bonds is 15. The first-order valence-corrected chi connectivity index (χ1v) is 8.62. The molecular formula is C12H12F15O3P. The van der Waals surface area contributed by atoms with Gasteiger partial charge in [-0.05, 0) is 0 Å². The minimum atomic E-state index is -4.49. The summed E-state index contributed by atoms with van der Waals surface area (Å²) in [7, 11) is -4.49. The second kappa shape index (κ2) is 13.7. The zero-order valence-corrected chi connectivity index (χ0v) is 15.2. The highest BCUT2D eigenvalue weighted by Gasteiger charge is 2.45. The van der Waals surface area contributed by atoms with Gasteiger partial charge in [0.25, 0.3) is 19.3 Å². The summed E-state index contributed by atoms with van der Waals surface area (Å²) in [4.78, 5) is 0. The van der Waals surface area contributed by atoms with Crippen LogP contribution < -0.4 is 0 Å². The van der Waals surface area contributed by atoms with Crippen LogP contribution in [0.15, 0.2) is 0 Å². The third-order valence-electron chi connectivity index (χ3n) is 2.95. The minimum absolute atomic E-state index is 3.48. The van der Waals surface area contributed by atoms with Crippen molar-refractivity contribution in [3.05, 3.63) is 0 Å². The normalized spacial score (nSPS) is 22.6. The summed E-state index contributed by atoms with van der Waals surface area (Å²) in [6.07, 6.45) is -48.2. The molecule has 0 aliphatic carbocycles. The van der Waals surface area contributed by atoms with Gasteiger partial charge in [0.1, 0.15) is 0 Å². The van der Waals surface area contributed by atoms with E-state index in [4.69, 9.17) is 0 Å². The number of alkyl halides is 15. The van der Waals surface area contributed by atoms with Crippen molar-refractivity contribution < 1.29 is 79.4 Å². The van der Waals surface area contributed by atoms with Crippen molar-refractivity contribution in [1.82, 2.24) is 0 Å². The summed E-state index contributed by atoms with van der Waals surface area (Å²) in [6.45, 7) is 0. The SMILES string of the molecule is FC(F)C(F)C(F)C(F)OP(OC(F)C(F)C(F)C(F)F)OC(F)C(F)C(F)C(F)F. The summed E-state index contributed by atoms with van der Waals surface area (Å²) < 4.78 is 200. The molecule has 19 heteroatoms. The predicted molar refractivity (Wildman–Crippen MR) is 72.3 cm³/mol. The number of hydrogen-bond acceptors (Lipinski definition) is 3. The molecule has 0 radical (unpaired) electrons. The van der Waals surface area contributed by atoms with Gasteiger partial charge in [-0.15, -0.1) is 0 Å². The predicted octanol–water partition coefficient (Wildman–Crippen LogP) is 5.97. The maximum absolute atomic E-state index is 13.4. The number of halogens is 15. The van der Waals surface area contributed by atoms with Gasteiger partial charge in [-0.1, -0.05) is 0 Å². The van der Waals surface area contributed by atoms with Gasteiger partial charge in [-0.25, -0.2) is 65.9 Å². The monoisotopic (exact) mass is 520 g/mol. The van der Waals surface area contributed by atoms with Crippen molar-refractivity contribution >= 4 is 8.60 Å². The molecule has 0 saturated carbocycles. The Hall–Kier alpha value is -0.740. The summed E-state index contributed by atoms with van der Waals surface area (Å²) in [5, 5.41) is 0. The van der Waals surface area contributed by atoms with Crippen molar-refractivity contribution in [2.75, 3.05) is 0 Å². The van der Waals surface area contributed by atoms with Gasteiger partial charge < -0.3 is 0 Å². The molecular weight excluding hydrogens is 508 g/mol. The molecule has 0 aromatic rings. The Morgan fingerprint density at radius 2 is 0.516 bits per heavy atom. The van der Waals surface area contributed by atoms with Crippen molar-refractivity contribution in [2.45, 2.75) is 75.4 Å². The molecule has 0 amide bonds. The first-order chi connectivity index (χ1) is 14.1. The lowest BCUT2D eigenvalue weighted by atomic mass is 10.2. The fourth-order valence-corrected chi connectivity index (χ4v) is 2.34. The van der Waals surface area contributed by atoms with Crippen LogP contribution in [0.2, 0.25) is 0 Å². The van der Waals surface area contributed by atoms with Crippen LogP contribution >= 0.6 is 8.60 Å². The maximum atomic E-state index is 13.4. The lowest BCUT2D eigenvalue weighted by molar-refractivity contribution is -0.131. The largest absolute Gasteiger partial charge is 0.341 e. The average molecular weight is 520 g/mol. The Labute approximate surface area is 164 Å². The van der Waals surface area contributed by atoms with Crippen molar-refractivity contribution in [3.8, 4) is 0 Å². The number of hydrogen-bond donors (Lipinski definition) is 0. The smallest absolute Gasteiger partial charge is 0.273 e. The molecule has 0 saturated heterocycles. The van der Waals surface area contributed by atoms with E-state index in [0.29, 0.717) is 0 Å². The maximum Gasteiger partial charge on any atom is 0.341 e. The summed E-state index contributed by atoms with van der Waals surface area (Å²) in [6, 6.07) is 0.